The predicted molar refractivity (Wildman–Crippen MR) is 74.7 cm³/mol. The molecule has 4 aliphatic rings. The zero-order valence-electron chi connectivity index (χ0n) is 12.3. The van der Waals surface area contributed by atoms with Crippen molar-refractivity contribution in [3.05, 3.63) is 0 Å². The van der Waals surface area contributed by atoms with Crippen LogP contribution in [0.2, 0.25) is 0 Å². The van der Waals surface area contributed by atoms with Gasteiger partial charge in [-0.25, -0.2) is 0 Å². The highest BCUT2D eigenvalue weighted by molar-refractivity contribution is 5.00. The van der Waals surface area contributed by atoms with Gasteiger partial charge < -0.3 is 4.74 Å². The fourth-order valence-corrected chi connectivity index (χ4v) is 4.61. The van der Waals surface area contributed by atoms with E-state index in [0.29, 0.717) is 0 Å². The van der Waals surface area contributed by atoms with Crippen LogP contribution < -0.4 is 0 Å². The van der Waals surface area contributed by atoms with E-state index in [2.05, 4.69) is 25.7 Å². The maximum atomic E-state index is 5.85. The molecule has 4 rings (SSSR count). The van der Waals surface area contributed by atoms with Gasteiger partial charge in [-0.05, 0) is 71.1 Å². The molecule has 0 spiro atoms. The van der Waals surface area contributed by atoms with Crippen LogP contribution in [-0.4, -0.2) is 35.7 Å². The van der Waals surface area contributed by atoms with Crippen LogP contribution in [0.5, 0.6) is 0 Å². The van der Waals surface area contributed by atoms with Gasteiger partial charge in [0.2, 0.25) is 0 Å². The highest BCUT2D eigenvalue weighted by atomic mass is 16.5. The van der Waals surface area contributed by atoms with E-state index in [9.17, 15) is 0 Å². The normalized spacial score (nSPS) is 39.5. The van der Waals surface area contributed by atoms with Crippen LogP contribution >= 0.6 is 0 Å². The number of piperidine rings is 2. The van der Waals surface area contributed by atoms with Crippen molar-refractivity contribution >= 4 is 0 Å². The highest BCUT2D eigenvalue weighted by Gasteiger charge is 2.46. The quantitative estimate of drug-likeness (QED) is 0.710. The van der Waals surface area contributed by atoms with Crippen LogP contribution in [-0.2, 0) is 4.74 Å². The highest BCUT2D eigenvalue weighted by Crippen LogP contribution is 2.48. The molecule has 4 bridgehead atoms. The van der Waals surface area contributed by atoms with Crippen molar-refractivity contribution in [1.82, 2.24) is 4.90 Å². The topological polar surface area (TPSA) is 12.5 Å². The standard InChI is InChI=1S/C16H29NO/c1-16(2,3)18-6-4-5-17-14-8-12-7-13(10-14)11-15(17)9-12/h12-15H,4-11H2,1-3H3. The van der Waals surface area contributed by atoms with Gasteiger partial charge in [0.15, 0.2) is 0 Å². The molecule has 0 N–H and O–H groups in total. The summed E-state index contributed by atoms with van der Waals surface area (Å²) in [5, 5.41) is 0. The van der Waals surface area contributed by atoms with Gasteiger partial charge in [-0.1, -0.05) is 0 Å². The molecule has 0 aromatic carbocycles. The van der Waals surface area contributed by atoms with E-state index in [4.69, 9.17) is 4.74 Å². The summed E-state index contributed by atoms with van der Waals surface area (Å²) < 4.78 is 5.85. The smallest absolute Gasteiger partial charge is 0.0598 e. The minimum Gasteiger partial charge on any atom is -0.376 e. The van der Waals surface area contributed by atoms with E-state index in [1.54, 1.807) is 6.42 Å². The van der Waals surface area contributed by atoms with Gasteiger partial charge in [-0.3, -0.25) is 4.90 Å². The molecule has 104 valence electrons. The number of hydrogen-bond acceptors (Lipinski definition) is 2. The molecular formula is C16H29NO. The van der Waals surface area contributed by atoms with Gasteiger partial charge in [0, 0.05) is 25.2 Å². The third-order valence-electron chi connectivity index (χ3n) is 5.12. The molecule has 0 atom stereocenters. The Morgan fingerprint density at radius 1 is 0.944 bits per heavy atom. The molecule has 2 saturated carbocycles. The summed E-state index contributed by atoms with van der Waals surface area (Å²) in [7, 11) is 0. The molecule has 2 nitrogen and oxygen atoms in total. The molecule has 2 heterocycles. The first kappa shape index (κ1) is 12.9. The predicted octanol–water partition coefficient (Wildman–Crippen LogP) is 3.45. The zero-order chi connectivity index (χ0) is 12.8. The van der Waals surface area contributed by atoms with Crippen molar-refractivity contribution in [2.75, 3.05) is 13.2 Å². The van der Waals surface area contributed by atoms with Crippen molar-refractivity contribution < 1.29 is 4.74 Å². The van der Waals surface area contributed by atoms with Crippen molar-refractivity contribution in [2.45, 2.75) is 77.0 Å². The Labute approximate surface area is 112 Å². The second-order valence-corrected chi connectivity index (χ2v) is 7.77. The summed E-state index contributed by atoms with van der Waals surface area (Å²) in [4.78, 5) is 2.83. The van der Waals surface area contributed by atoms with Gasteiger partial charge in [-0.15, -0.1) is 0 Å². The monoisotopic (exact) mass is 251 g/mol. The second kappa shape index (κ2) is 4.79. The average molecular weight is 251 g/mol. The molecule has 0 aromatic rings. The molecule has 0 aromatic heterocycles. The lowest BCUT2D eigenvalue weighted by atomic mass is 9.63. The summed E-state index contributed by atoms with van der Waals surface area (Å²) >= 11 is 0. The molecular weight excluding hydrogens is 222 g/mol. The number of nitrogens with zero attached hydrogens (tertiary/aromatic N) is 1. The van der Waals surface area contributed by atoms with Crippen LogP contribution in [0.1, 0.15) is 59.3 Å². The molecule has 0 radical (unpaired) electrons. The van der Waals surface area contributed by atoms with Gasteiger partial charge >= 0.3 is 0 Å². The molecule has 18 heavy (non-hydrogen) atoms. The van der Waals surface area contributed by atoms with Crippen molar-refractivity contribution in [1.29, 1.82) is 0 Å². The number of hydrogen-bond donors (Lipinski definition) is 0. The van der Waals surface area contributed by atoms with E-state index in [-0.39, 0.29) is 5.60 Å². The fraction of sp³-hybridized carbons (Fsp3) is 1.00. The molecule has 2 saturated heterocycles. The maximum Gasteiger partial charge on any atom is 0.0598 e. The first-order chi connectivity index (χ1) is 8.51. The van der Waals surface area contributed by atoms with Crippen molar-refractivity contribution in [3.8, 4) is 0 Å². The van der Waals surface area contributed by atoms with E-state index >= 15 is 0 Å². The first-order valence-corrected chi connectivity index (χ1v) is 7.91. The molecule has 4 fully saturated rings. The first-order valence-electron chi connectivity index (χ1n) is 7.91. The second-order valence-electron chi connectivity index (χ2n) is 7.77. The number of rotatable bonds is 4. The fourth-order valence-electron chi connectivity index (χ4n) is 4.61. The lowest BCUT2D eigenvalue weighted by molar-refractivity contribution is -0.0668. The van der Waals surface area contributed by atoms with Crippen LogP contribution in [0.15, 0.2) is 0 Å². The molecule has 0 unspecified atom stereocenters. The van der Waals surface area contributed by atoms with E-state index in [1.165, 1.54) is 38.6 Å². The lowest BCUT2D eigenvalue weighted by Crippen LogP contribution is -2.58. The molecule has 2 aliphatic heterocycles. The summed E-state index contributed by atoms with van der Waals surface area (Å²) in [6.45, 7) is 8.64. The molecule has 2 aliphatic carbocycles. The third kappa shape index (κ3) is 2.75. The van der Waals surface area contributed by atoms with Crippen LogP contribution in [0, 0.1) is 11.8 Å². The maximum absolute atomic E-state index is 5.85. The van der Waals surface area contributed by atoms with E-state index in [1.807, 2.05) is 0 Å². The largest absolute Gasteiger partial charge is 0.376 e. The summed E-state index contributed by atoms with van der Waals surface area (Å²) in [6, 6.07) is 1.85. The molecule has 0 amide bonds. The summed E-state index contributed by atoms with van der Waals surface area (Å²) in [5.41, 5.74) is 0.0272. The lowest BCUT2D eigenvalue weighted by Gasteiger charge is -2.56. The van der Waals surface area contributed by atoms with E-state index in [0.717, 1.165) is 30.5 Å². The van der Waals surface area contributed by atoms with Crippen LogP contribution in [0.3, 0.4) is 0 Å². The Hall–Kier alpha value is -0.0800. The Bertz CT molecular complexity index is 266. The van der Waals surface area contributed by atoms with Gasteiger partial charge in [-0.2, -0.15) is 0 Å². The average Bonchev–Trinajstić information content (AvgIpc) is 2.24. The third-order valence-corrected chi connectivity index (χ3v) is 5.12. The summed E-state index contributed by atoms with van der Waals surface area (Å²) in [5.74, 6) is 2.16. The Morgan fingerprint density at radius 2 is 1.50 bits per heavy atom. The molecule has 2 heteroatoms. The number of ether oxygens (including phenoxy) is 1. The Kier molecular flexibility index (Phi) is 3.44. The summed E-state index contributed by atoms with van der Waals surface area (Å²) in [6.07, 6.45) is 8.73. The zero-order valence-corrected chi connectivity index (χ0v) is 12.3. The van der Waals surface area contributed by atoms with Gasteiger partial charge in [0.05, 0.1) is 5.60 Å². The Morgan fingerprint density at radius 3 is 2.00 bits per heavy atom. The van der Waals surface area contributed by atoms with Crippen LogP contribution in [0.4, 0.5) is 0 Å². The van der Waals surface area contributed by atoms with E-state index < -0.39 is 0 Å². The van der Waals surface area contributed by atoms with Gasteiger partial charge in [0.25, 0.3) is 0 Å². The van der Waals surface area contributed by atoms with Crippen LogP contribution in [0.25, 0.3) is 0 Å². The van der Waals surface area contributed by atoms with Gasteiger partial charge in [0.1, 0.15) is 0 Å². The van der Waals surface area contributed by atoms with Crippen molar-refractivity contribution in [2.24, 2.45) is 11.8 Å². The minimum atomic E-state index is 0.0272. The van der Waals surface area contributed by atoms with Crippen molar-refractivity contribution in [3.63, 3.8) is 0 Å². The Balaban J connectivity index is 1.46. The SMILES string of the molecule is CC(C)(C)OCCCN1C2CC3CC(C2)CC1C3. The minimum absolute atomic E-state index is 0.0272.